The third-order valence-electron chi connectivity index (χ3n) is 4.05. The second kappa shape index (κ2) is 7.28. The summed E-state index contributed by atoms with van der Waals surface area (Å²) in [4.78, 5) is 8.27. The predicted octanol–water partition coefficient (Wildman–Crippen LogP) is 3.38. The van der Waals surface area contributed by atoms with Gasteiger partial charge in [0, 0.05) is 24.0 Å². The number of anilines is 2. The maximum Gasteiger partial charge on any atom is 0.164 e. The van der Waals surface area contributed by atoms with Crippen LogP contribution in [-0.2, 0) is 7.05 Å². The number of benzene rings is 1. The molecule has 0 unspecified atom stereocenters. The van der Waals surface area contributed by atoms with Crippen molar-refractivity contribution < 1.29 is 0 Å². The van der Waals surface area contributed by atoms with Crippen molar-refractivity contribution in [2.24, 2.45) is 7.05 Å². The lowest BCUT2D eigenvalue weighted by Gasteiger charge is -2.08. The van der Waals surface area contributed by atoms with Crippen LogP contribution in [-0.4, -0.2) is 19.7 Å². The number of nitrogen functional groups attached to an aromatic ring is 1. The fourth-order valence-corrected chi connectivity index (χ4v) is 2.74. The van der Waals surface area contributed by atoms with E-state index in [2.05, 4.69) is 64.3 Å². The van der Waals surface area contributed by atoms with Crippen LogP contribution in [0.3, 0.4) is 0 Å². The summed E-state index contributed by atoms with van der Waals surface area (Å²) in [6.07, 6.45) is 4.57. The van der Waals surface area contributed by atoms with Crippen LogP contribution in [0.15, 0.2) is 36.3 Å². The van der Waals surface area contributed by atoms with Gasteiger partial charge in [0.25, 0.3) is 0 Å². The molecule has 6 heteroatoms. The van der Waals surface area contributed by atoms with E-state index in [1.54, 1.807) is 4.68 Å². The lowest BCUT2D eigenvalue weighted by atomic mass is 10.1. The Kier molecular flexibility index (Phi) is 4.90. The number of nitrogens with one attached hydrogen (secondary N) is 1. The minimum absolute atomic E-state index is 0.389. The molecular formula is C20H22N6. The monoisotopic (exact) mass is 346 g/mol. The molecule has 6 nitrogen and oxygen atoms in total. The Hall–Kier alpha value is -3.33. The molecule has 0 aliphatic heterocycles. The first-order chi connectivity index (χ1) is 12.5. The number of allylic oxidation sites excluding steroid dienone is 2. The Morgan fingerprint density at radius 1 is 1.31 bits per heavy atom. The highest BCUT2D eigenvalue weighted by Crippen LogP contribution is 2.20. The number of hydrogen-bond acceptors (Lipinski definition) is 5. The molecule has 0 radical (unpaired) electrons. The summed E-state index contributed by atoms with van der Waals surface area (Å²) in [6, 6.07) is 6.15. The van der Waals surface area contributed by atoms with E-state index in [0.717, 1.165) is 28.9 Å². The molecule has 0 saturated carbocycles. The highest BCUT2D eigenvalue weighted by Gasteiger charge is 2.11. The second-order valence-electron chi connectivity index (χ2n) is 6.13. The van der Waals surface area contributed by atoms with Gasteiger partial charge in [-0.15, -0.1) is 0 Å². The van der Waals surface area contributed by atoms with Crippen LogP contribution in [0.1, 0.15) is 37.1 Å². The van der Waals surface area contributed by atoms with Gasteiger partial charge in [0.05, 0.1) is 5.39 Å². The van der Waals surface area contributed by atoms with Crippen molar-refractivity contribution in [3.05, 3.63) is 53.1 Å². The Labute approximate surface area is 153 Å². The minimum atomic E-state index is 0.389. The lowest BCUT2D eigenvalue weighted by Crippen LogP contribution is -1.96. The maximum absolute atomic E-state index is 5.99. The number of fused-ring (bicyclic) bond motifs is 1. The van der Waals surface area contributed by atoms with Crippen LogP contribution in [0.25, 0.3) is 11.0 Å². The van der Waals surface area contributed by atoms with Crippen LogP contribution in [0.5, 0.6) is 0 Å². The summed E-state index contributed by atoms with van der Waals surface area (Å²) in [7, 11) is 1.82. The molecule has 3 N–H and O–H groups in total. The maximum atomic E-state index is 5.99. The molecule has 0 spiro atoms. The van der Waals surface area contributed by atoms with E-state index in [4.69, 9.17) is 5.73 Å². The van der Waals surface area contributed by atoms with Gasteiger partial charge in [-0.05, 0) is 43.9 Å². The average molecular weight is 346 g/mol. The van der Waals surface area contributed by atoms with Gasteiger partial charge in [-0.25, -0.2) is 14.6 Å². The SMILES string of the molecule is CC/C=C(\C)Nc1ccc(C)c(C#Cc2nn(C)c3ncnc(N)c23)c1. The zero-order chi connectivity index (χ0) is 18.7. The van der Waals surface area contributed by atoms with Gasteiger partial charge in [-0.3, -0.25) is 0 Å². The second-order valence-corrected chi connectivity index (χ2v) is 6.13. The average Bonchev–Trinajstić information content (AvgIpc) is 2.93. The van der Waals surface area contributed by atoms with Gasteiger partial charge in [-0.1, -0.05) is 25.0 Å². The standard InChI is InChI=1S/C20H22N6/c1-5-6-14(3)24-16-9-7-13(2)15(11-16)8-10-17-18-19(21)22-12-23-20(18)26(4)25-17/h6-7,9,11-12,24H,5H2,1-4H3,(H2,21,22,23)/b14-6+. The third-order valence-corrected chi connectivity index (χ3v) is 4.05. The highest BCUT2D eigenvalue weighted by molar-refractivity contribution is 5.90. The molecule has 3 rings (SSSR count). The number of aromatic nitrogens is 4. The lowest BCUT2D eigenvalue weighted by molar-refractivity contribution is 0.781. The molecule has 2 heterocycles. The molecule has 2 aromatic heterocycles. The normalized spacial score (nSPS) is 11.3. The van der Waals surface area contributed by atoms with Crippen LogP contribution >= 0.6 is 0 Å². The van der Waals surface area contributed by atoms with E-state index in [0.29, 0.717) is 22.5 Å². The molecule has 0 atom stereocenters. The van der Waals surface area contributed by atoms with Crippen molar-refractivity contribution in [2.45, 2.75) is 27.2 Å². The summed E-state index contributed by atoms with van der Waals surface area (Å²) < 4.78 is 1.67. The van der Waals surface area contributed by atoms with Crippen molar-refractivity contribution in [2.75, 3.05) is 11.1 Å². The molecule has 0 aliphatic carbocycles. The van der Waals surface area contributed by atoms with E-state index >= 15 is 0 Å². The molecule has 0 bridgehead atoms. The summed E-state index contributed by atoms with van der Waals surface area (Å²) in [5, 5.41) is 8.50. The van der Waals surface area contributed by atoms with Gasteiger partial charge in [0.2, 0.25) is 0 Å². The quantitative estimate of drug-likeness (QED) is 0.711. The molecule has 0 fully saturated rings. The molecular weight excluding hydrogens is 324 g/mol. The van der Waals surface area contributed by atoms with E-state index in [1.807, 2.05) is 20.0 Å². The number of nitrogens with two attached hydrogens (primary N) is 1. The Bertz CT molecular complexity index is 1050. The van der Waals surface area contributed by atoms with Gasteiger partial charge in [-0.2, -0.15) is 5.10 Å². The summed E-state index contributed by atoms with van der Waals surface area (Å²) >= 11 is 0. The van der Waals surface area contributed by atoms with E-state index in [9.17, 15) is 0 Å². The summed E-state index contributed by atoms with van der Waals surface area (Å²) in [5.74, 6) is 6.73. The number of rotatable bonds is 3. The minimum Gasteiger partial charge on any atom is -0.383 e. The zero-order valence-corrected chi connectivity index (χ0v) is 15.5. The number of aryl methyl sites for hydroxylation is 2. The molecule has 0 amide bonds. The van der Waals surface area contributed by atoms with Gasteiger partial charge < -0.3 is 11.1 Å². The topological polar surface area (TPSA) is 81.7 Å². The fourth-order valence-electron chi connectivity index (χ4n) is 2.74. The first-order valence-corrected chi connectivity index (χ1v) is 8.49. The predicted molar refractivity (Wildman–Crippen MR) is 106 cm³/mol. The van der Waals surface area contributed by atoms with Crippen LogP contribution in [0, 0.1) is 18.8 Å². The Morgan fingerprint density at radius 2 is 2.12 bits per heavy atom. The van der Waals surface area contributed by atoms with Crippen molar-refractivity contribution in [3.63, 3.8) is 0 Å². The van der Waals surface area contributed by atoms with E-state index < -0.39 is 0 Å². The first kappa shape index (κ1) is 17.5. The van der Waals surface area contributed by atoms with Gasteiger partial charge in [0.1, 0.15) is 17.8 Å². The largest absolute Gasteiger partial charge is 0.383 e. The Balaban J connectivity index is 2.00. The third kappa shape index (κ3) is 3.52. The van der Waals surface area contributed by atoms with Crippen LogP contribution in [0.2, 0.25) is 0 Å². The molecule has 132 valence electrons. The molecule has 3 aromatic rings. The Morgan fingerprint density at radius 3 is 2.88 bits per heavy atom. The molecule has 0 aliphatic rings. The van der Waals surface area contributed by atoms with Gasteiger partial charge in [0.15, 0.2) is 5.65 Å². The number of nitrogens with zero attached hydrogens (tertiary/aromatic N) is 4. The van der Waals surface area contributed by atoms with Crippen LogP contribution in [0.4, 0.5) is 11.5 Å². The van der Waals surface area contributed by atoms with Crippen molar-refractivity contribution in [1.82, 2.24) is 19.7 Å². The molecule has 1 aromatic carbocycles. The van der Waals surface area contributed by atoms with Crippen LogP contribution < -0.4 is 11.1 Å². The van der Waals surface area contributed by atoms with Gasteiger partial charge >= 0.3 is 0 Å². The smallest absolute Gasteiger partial charge is 0.164 e. The van der Waals surface area contributed by atoms with Crippen molar-refractivity contribution in [1.29, 1.82) is 0 Å². The highest BCUT2D eigenvalue weighted by atomic mass is 15.3. The van der Waals surface area contributed by atoms with Crippen molar-refractivity contribution >= 4 is 22.5 Å². The van der Waals surface area contributed by atoms with Crippen molar-refractivity contribution in [3.8, 4) is 11.8 Å². The fraction of sp³-hybridized carbons (Fsp3) is 0.250. The van der Waals surface area contributed by atoms with E-state index in [-0.39, 0.29) is 0 Å². The molecule has 0 saturated heterocycles. The first-order valence-electron chi connectivity index (χ1n) is 8.49. The number of hydrogen-bond donors (Lipinski definition) is 2. The summed E-state index contributed by atoms with van der Waals surface area (Å²) in [6.45, 7) is 6.21. The zero-order valence-electron chi connectivity index (χ0n) is 15.5. The summed E-state index contributed by atoms with van der Waals surface area (Å²) in [5.41, 5.74) is 11.4. The van der Waals surface area contributed by atoms with E-state index in [1.165, 1.54) is 6.33 Å². The molecule has 26 heavy (non-hydrogen) atoms.